The topological polar surface area (TPSA) is 90.5 Å². The van der Waals surface area contributed by atoms with E-state index in [1.165, 1.54) is 7.05 Å². The summed E-state index contributed by atoms with van der Waals surface area (Å²) in [7, 11) is -2.48. The number of aliphatic hydroxyl groups excluding tert-OH is 1. The standard InChI is InChI=1S/C10H15ClN2O4S/c1-10(2,6-14)13(3)18(16,17)7-4-8(11)9(15)12-5-7/h4-5,14H,6H2,1-3H3,(H,12,15). The van der Waals surface area contributed by atoms with E-state index in [0.717, 1.165) is 16.6 Å². The van der Waals surface area contributed by atoms with E-state index in [4.69, 9.17) is 11.6 Å². The van der Waals surface area contributed by atoms with E-state index in [-0.39, 0.29) is 16.5 Å². The van der Waals surface area contributed by atoms with Gasteiger partial charge in [-0.1, -0.05) is 11.6 Å². The summed E-state index contributed by atoms with van der Waals surface area (Å²) in [5.41, 5.74) is -1.51. The Morgan fingerprint density at radius 2 is 2.06 bits per heavy atom. The summed E-state index contributed by atoms with van der Waals surface area (Å²) in [5, 5.41) is 8.98. The van der Waals surface area contributed by atoms with Gasteiger partial charge in [0.05, 0.1) is 17.0 Å². The molecular weight excluding hydrogens is 280 g/mol. The first kappa shape index (κ1) is 15.2. The quantitative estimate of drug-likeness (QED) is 0.842. The van der Waals surface area contributed by atoms with Crippen LogP contribution in [0.25, 0.3) is 0 Å². The molecule has 18 heavy (non-hydrogen) atoms. The molecule has 0 aliphatic heterocycles. The molecule has 0 fully saturated rings. The highest BCUT2D eigenvalue weighted by Crippen LogP contribution is 2.22. The Morgan fingerprint density at radius 1 is 1.50 bits per heavy atom. The van der Waals surface area contributed by atoms with Gasteiger partial charge in [-0.15, -0.1) is 0 Å². The fourth-order valence-corrected chi connectivity index (χ4v) is 2.91. The lowest BCUT2D eigenvalue weighted by Crippen LogP contribution is -2.47. The van der Waals surface area contributed by atoms with Crippen LogP contribution in [0.15, 0.2) is 22.0 Å². The van der Waals surface area contributed by atoms with Gasteiger partial charge in [0.2, 0.25) is 10.0 Å². The predicted octanol–water partition coefficient (Wildman–Crippen LogP) is 0.420. The number of nitrogens with one attached hydrogen (secondary N) is 1. The summed E-state index contributed by atoms with van der Waals surface area (Å²) in [6.07, 6.45) is 1.08. The van der Waals surface area contributed by atoms with Gasteiger partial charge in [-0.2, -0.15) is 4.31 Å². The molecule has 0 saturated carbocycles. The predicted molar refractivity (Wildman–Crippen MR) is 68.2 cm³/mol. The lowest BCUT2D eigenvalue weighted by Gasteiger charge is -2.32. The summed E-state index contributed by atoms with van der Waals surface area (Å²) >= 11 is 5.60. The van der Waals surface area contributed by atoms with Crippen LogP contribution in [0.4, 0.5) is 0 Å². The monoisotopic (exact) mass is 294 g/mol. The average molecular weight is 295 g/mol. The van der Waals surface area contributed by atoms with Crippen molar-refractivity contribution >= 4 is 21.6 Å². The average Bonchev–Trinajstić information content (AvgIpc) is 2.31. The molecule has 0 radical (unpaired) electrons. The maximum Gasteiger partial charge on any atom is 0.266 e. The highest BCUT2D eigenvalue weighted by Gasteiger charge is 2.33. The van der Waals surface area contributed by atoms with Gasteiger partial charge in [0.1, 0.15) is 5.02 Å². The molecule has 0 amide bonds. The number of H-pyrrole nitrogens is 1. The third-order valence-electron chi connectivity index (χ3n) is 2.73. The first-order valence-electron chi connectivity index (χ1n) is 5.11. The Morgan fingerprint density at radius 3 is 2.50 bits per heavy atom. The van der Waals surface area contributed by atoms with Crippen molar-refractivity contribution < 1.29 is 13.5 Å². The van der Waals surface area contributed by atoms with Crippen LogP contribution in [0, 0.1) is 0 Å². The van der Waals surface area contributed by atoms with Gasteiger partial charge >= 0.3 is 0 Å². The van der Waals surface area contributed by atoms with Crippen molar-refractivity contribution in [2.75, 3.05) is 13.7 Å². The molecule has 1 aromatic heterocycles. The van der Waals surface area contributed by atoms with E-state index in [2.05, 4.69) is 4.98 Å². The van der Waals surface area contributed by atoms with E-state index in [1.54, 1.807) is 13.8 Å². The van der Waals surface area contributed by atoms with Crippen LogP contribution in [0.3, 0.4) is 0 Å². The summed E-state index contributed by atoms with van der Waals surface area (Å²) in [5.74, 6) is 0. The fourth-order valence-electron chi connectivity index (χ4n) is 1.17. The van der Waals surface area contributed by atoms with Crippen LogP contribution in [-0.2, 0) is 10.0 Å². The molecule has 0 spiro atoms. The molecular formula is C10H15ClN2O4S. The van der Waals surface area contributed by atoms with Gasteiger partial charge in [-0.3, -0.25) is 4.79 Å². The minimum absolute atomic E-state index is 0.129. The Kier molecular flexibility index (Phi) is 4.22. The van der Waals surface area contributed by atoms with Gasteiger partial charge in [0.25, 0.3) is 5.56 Å². The third kappa shape index (κ3) is 2.74. The Labute approximate surface area is 110 Å². The van der Waals surface area contributed by atoms with Crippen LogP contribution in [0.1, 0.15) is 13.8 Å². The molecule has 1 heterocycles. The van der Waals surface area contributed by atoms with E-state index in [9.17, 15) is 18.3 Å². The maximum atomic E-state index is 12.2. The zero-order valence-corrected chi connectivity index (χ0v) is 11.8. The number of aliphatic hydroxyl groups is 1. The van der Waals surface area contributed by atoms with Crippen LogP contribution in [0.2, 0.25) is 5.02 Å². The summed E-state index contributed by atoms with van der Waals surface area (Å²) in [6, 6.07) is 1.08. The first-order chi connectivity index (χ1) is 8.13. The van der Waals surface area contributed by atoms with Crippen LogP contribution >= 0.6 is 11.6 Å². The maximum absolute atomic E-state index is 12.2. The van der Waals surface area contributed by atoms with E-state index >= 15 is 0 Å². The molecule has 2 N–H and O–H groups in total. The largest absolute Gasteiger partial charge is 0.394 e. The minimum Gasteiger partial charge on any atom is -0.394 e. The number of likely N-dealkylation sites (N-methyl/N-ethyl adjacent to an activating group) is 1. The lowest BCUT2D eigenvalue weighted by molar-refractivity contribution is 0.138. The van der Waals surface area contributed by atoms with E-state index in [1.807, 2.05) is 0 Å². The number of rotatable bonds is 4. The van der Waals surface area contributed by atoms with Gasteiger partial charge in [0, 0.05) is 13.2 Å². The first-order valence-corrected chi connectivity index (χ1v) is 6.93. The van der Waals surface area contributed by atoms with Crippen LogP contribution < -0.4 is 5.56 Å². The minimum atomic E-state index is -3.83. The molecule has 0 aromatic carbocycles. The van der Waals surface area contributed by atoms with E-state index < -0.39 is 21.1 Å². The Balaban J connectivity index is 3.30. The second-order valence-corrected chi connectivity index (χ2v) is 6.83. The summed E-state index contributed by atoms with van der Waals surface area (Å²) in [4.78, 5) is 13.2. The number of aromatic amines is 1. The van der Waals surface area contributed by atoms with Crippen molar-refractivity contribution in [1.29, 1.82) is 0 Å². The molecule has 0 unspecified atom stereocenters. The van der Waals surface area contributed by atoms with Crippen molar-refractivity contribution in [3.63, 3.8) is 0 Å². The van der Waals surface area contributed by atoms with Crippen molar-refractivity contribution in [2.45, 2.75) is 24.3 Å². The molecule has 1 rings (SSSR count). The second-order valence-electron chi connectivity index (χ2n) is 4.46. The summed E-state index contributed by atoms with van der Waals surface area (Å²) < 4.78 is 25.5. The van der Waals surface area contributed by atoms with Crippen molar-refractivity contribution in [3.05, 3.63) is 27.6 Å². The highest BCUT2D eigenvalue weighted by molar-refractivity contribution is 7.89. The summed E-state index contributed by atoms with van der Waals surface area (Å²) in [6.45, 7) is 2.83. The van der Waals surface area contributed by atoms with Crippen molar-refractivity contribution in [1.82, 2.24) is 9.29 Å². The third-order valence-corrected chi connectivity index (χ3v) is 5.06. The molecule has 0 saturated heterocycles. The van der Waals surface area contributed by atoms with Gasteiger partial charge in [0.15, 0.2) is 0 Å². The van der Waals surface area contributed by atoms with Gasteiger partial charge in [-0.25, -0.2) is 8.42 Å². The zero-order valence-electron chi connectivity index (χ0n) is 10.3. The van der Waals surface area contributed by atoms with Crippen LogP contribution in [0.5, 0.6) is 0 Å². The van der Waals surface area contributed by atoms with Gasteiger partial charge in [-0.05, 0) is 19.9 Å². The fraction of sp³-hybridized carbons (Fsp3) is 0.500. The number of hydrogen-bond acceptors (Lipinski definition) is 4. The smallest absolute Gasteiger partial charge is 0.266 e. The second kappa shape index (κ2) is 5.00. The van der Waals surface area contributed by atoms with E-state index in [0.29, 0.717) is 0 Å². The number of pyridine rings is 1. The number of hydrogen-bond donors (Lipinski definition) is 2. The molecule has 0 aliphatic rings. The molecule has 102 valence electrons. The zero-order chi connectivity index (χ0) is 14.1. The number of sulfonamides is 1. The van der Waals surface area contributed by atoms with Crippen molar-refractivity contribution in [2.24, 2.45) is 0 Å². The molecule has 8 heteroatoms. The molecule has 0 aliphatic carbocycles. The normalized spacial score (nSPS) is 13.0. The Hall–Kier alpha value is -0.890. The lowest BCUT2D eigenvalue weighted by atomic mass is 10.1. The van der Waals surface area contributed by atoms with Gasteiger partial charge < -0.3 is 10.1 Å². The molecule has 6 nitrogen and oxygen atoms in total. The number of halogens is 1. The molecule has 1 aromatic rings. The number of aromatic nitrogens is 1. The number of nitrogens with zero attached hydrogens (tertiary/aromatic N) is 1. The highest BCUT2D eigenvalue weighted by atomic mass is 35.5. The Bertz CT molecular complexity index is 594. The molecule has 0 bridgehead atoms. The van der Waals surface area contributed by atoms with Crippen LogP contribution in [-0.4, -0.2) is 42.0 Å². The molecule has 0 atom stereocenters. The van der Waals surface area contributed by atoms with Crippen molar-refractivity contribution in [3.8, 4) is 0 Å². The SMILES string of the molecule is CN(C(C)(C)CO)S(=O)(=O)c1c[nH]c(=O)c(Cl)c1.